The quantitative estimate of drug-likeness (QED) is 0.556. The fourth-order valence-corrected chi connectivity index (χ4v) is 7.03. The summed E-state index contributed by atoms with van der Waals surface area (Å²) in [6.45, 7) is 2.35. The Kier molecular flexibility index (Phi) is 7.17. The van der Waals surface area contributed by atoms with Crippen LogP contribution in [0.25, 0.3) is 0 Å². The Hall–Kier alpha value is -0.501. The van der Waals surface area contributed by atoms with E-state index in [1.54, 1.807) is 0 Å². The number of phenols is 1. The summed E-state index contributed by atoms with van der Waals surface area (Å²) in [6, 6.07) is 5.97. The van der Waals surface area contributed by atoms with Crippen molar-refractivity contribution in [2.75, 3.05) is 0 Å². The van der Waals surface area contributed by atoms with Crippen LogP contribution in [-0.4, -0.2) is 15.8 Å². The molecule has 2 nitrogen and oxygen atoms in total. The maximum atomic E-state index is 11.7. The number of rotatable bonds is 1. The van der Waals surface area contributed by atoms with Crippen LogP contribution >= 0.6 is 0 Å². The summed E-state index contributed by atoms with van der Waals surface area (Å²) in [5.41, 5.74) is 2.12. The van der Waals surface area contributed by atoms with Crippen molar-refractivity contribution in [1.29, 1.82) is 0 Å². The number of aromatic hydroxyl groups is 1. The van der Waals surface area contributed by atoms with Gasteiger partial charge < -0.3 is 10.2 Å². The van der Waals surface area contributed by atoms with Gasteiger partial charge in [0.2, 0.25) is 0 Å². The maximum Gasteiger partial charge on any atom is 2.00 e. The van der Waals surface area contributed by atoms with E-state index in [2.05, 4.69) is 38.7 Å². The first-order chi connectivity index (χ1) is 14.5. The van der Waals surface area contributed by atoms with Gasteiger partial charge in [-0.05, 0) is 137 Å². The Balaban J connectivity index is 0.000000342. The fourth-order valence-electron chi connectivity index (χ4n) is 7.03. The molecule has 31 heavy (non-hydrogen) atoms. The van der Waals surface area contributed by atoms with E-state index >= 15 is 0 Å². The van der Waals surface area contributed by atoms with Crippen LogP contribution < -0.4 is 0 Å². The molecule has 0 amide bonds. The van der Waals surface area contributed by atoms with Gasteiger partial charge in [0.25, 0.3) is 0 Å². The molecule has 4 fully saturated rings. The van der Waals surface area contributed by atoms with Crippen molar-refractivity contribution in [3.05, 3.63) is 93.0 Å². The monoisotopic (exact) mass is 456 g/mol. The van der Waals surface area contributed by atoms with E-state index in [0.717, 1.165) is 38.0 Å². The summed E-state index contributed by atoms with van der Waals surface area (Å²) in [4.78, 5) is 0. The number of fused-ring (bicyclic) bond motifs is 5. The van der Waals surface area contributed by atoms with E-state index in [9.17, 15) is 10.2 Å². The fraction of sp³-hybridized carbons (Fsp3) is 0.429. The Morgan fingerprint density at radius 3 is 2.23 bits per heavy atom. The molecule has 0 aromatic heterocycles. The zero-order chi connectivity index (χ0) is 20.8. The summed E-state index contributed by atoms with van der Waals surface area (Å²) in [5.74, 6) is 3.37. The zero-order valence-electron chi connectivity index (χ0n) is 18.2. The van der Waals surface area contributed by atoms with Gasteiger partial charge in [-0.2, -0.15) is 0 Å². The van der Waals surface area contributed by atoms with Gasteiger partial charge in [-0.15, -0.1) is 0 Å². The molecule has 0 unspecified atom stereocenters. The molecule has 2 N–H and O–H groups in total. The van der Waals surface area contributed by atoms with Gasteiger partial charge in [-0.3, -0.25) is 0 Å². The molecule has 3 heteroatoms. The number of aliphatic hydroxyl groups is 1. The normalized spacial score (nSPS) is 39.0. The second kappa shape index (κ2) is 9.40. The van der Waals surface area contributed by atoms with Gasteiger partial charge >= 0.3 is 17.1 Å². The van der Waals surface area contributed by atoms with E-state index in [0.29, 0.717) is 23.5 Å². The van der Waals surface area contributed by atoms with Crippen molar-refractivity contribution in [2.45, 2.75) is 57.0 Å². The molecule has 0 bridgehead atoms. The number of aryl methyl sites for hydroxylation is 1. The first-order valence-corrected chi connectivity index (χ1v) is 11.5. The molecule has 0 spiro atoms. The van der Waals surface area contributed by atoms with E-state index in [4.69, 9.17) is 0 Å². The molecule has 5 aliphatic carbocycles. The third kappa shape index (κ3) is 4.02. The second-order valence-corrected chi connectivity index (χ2v) is 9.79. The van der Waals surface area contributed by atoms with E-state index in [1.165, 1.54) is 17.5 Å². The summed E-state index contributed by atoms with van der Waals surface area (Å²) < 4.78 is 0. The molecule has 162 valence electrons. The van der Waals surface area contributed by atoms with Crippen LogP contribution in [0.5, 0.6) is 5.75 Å². The van der Waals surface area contributed by atoms with Crippen molar-refractivity contribution in [1.82, 2.24) is 0 Å². The molecule has 1 aromatic rings. The largest absolute Gasteiger partial charge is 2.00 e. The van der Waals surface area contributed by atoms with E-state index < -0.39 is 5.60 Å². The zero-order valence-corrected chi connectivity index (χ0v) is 19.3. The summed E-state index contributed by atoms with van der Waals surface area (Å²) in [6.07, 6.45) is 24.8. The average Bonchev–Trinajstić information content (AvgIpc) is 3.51. The third-order valence-corrected chi connectivity index (χ3v) is 8.56. The second-order valence-electron chi connectivity index (χ2n) is 9.79. The van der Waals surface area contributed by atoms with Crippen LogP contribution in [-0.2, 0) is 23.5 Å². The minimum Gasteiger partial charge on any atom is -0.508 e. The molecule has 10 radical (unpaired) electrons. The van der Waals surface area contributed by atoms with Crippen LogP contribution in [0.1, 0.15) is 56.1 Å². The van der Waals surface area contributed by atoms with Gasteiger partial charge in [0.15, 0.2) is 0 Å². The van der Waals surface area contributed by atoms with Crippen LogP contribution in [0.2, 0.25) is 0 Å². The third-order valence-electron chi connectivity index (χ3n) is 8.56. The van der Waals surface area contributed by atoms with Gasteiger partial charge in [0.1, 0.15) is 5.75 Å². The van der Waals surface area contributed by atoms with Crippen LogP contribution in [0.4, 0.5) is 0 Å². The summed E-state index contributed by atoms with van der Waals surface area (Å²) >= 11 is 0. The number of hydrogen-bond donors (Lipinski definition) is 2. The van der Waals surface area contributed by atoms with Crippen molar-refractivity contribution in [3.8, 4) is 5.75 Å². The summed E-state index contributed by atoms with van der Waals surface area (Å²) in [7, 11) is 0. The van der Waals surface area contributed by atoms with Gasteiger partial charge in [0.05, 0.1) is 5.60 Å². The molecule has 5 aliphatic rings. The molecular formula is C28H32FeO2+2. The first-order valence-electron chi connectivity index (χ1n) is 11.5. The van der Waals surface area contributed by atoms with Gasteiger partial charge in [-0.1, -0.05) is 13.0 Å². The van der Waals surface area contributed by atoms with Crippen molar-refractivity contribution >= 4 is 0 Å². The molecule has 4 saturated carbocycles. The van der Waals surface area contributed by atoms with Crippen LogP contribution in [0, 0.1) is 81.0 Å². The van der Waals surface area contributed by atoms with Gasteiger partial charge in [0, 0.05) is 11.3 Å². The smallest absolute Gasteiger partial charge is 0.508 e. The van der Waals surface area contributed by atoms with Crippen LogP contribution in [0.3, 0.4) is 0 Å². The number of benzene rings is 1. The Morgan fingerprint density at radius 1 is 0.871 bits per heavy atom. The average molecular weight is 456 g/mol. The number of hydrogen-bond acceptors (Lipinski definition) is 2. The van der Waals surface area contributed by atoms with E-state index in [1.807, 2.05) is 44.2 Å². The minimum absolute atomic E-state index is 0. The SMILES string of the molecule is C[C@]12CC[C@@H]3c4ccc(O)cc4CC[C@H]3[C@@H]1CC[C@]2(O)[C]1[CH][CH][CH][CH]1.[CH]1[CH][CH][CH][CH]1.[Fe+2]. The predicted molar refractivity (Wildman–Crippen MR) is 120 cm³/mol. The van der Waals surface area contributed by atoms with Crippen molar-refractivity contribution in [2.24, 2.45) is 17.3 Å². The van der Waals surface area contributed by atoms with Crippen LogP contribution in [0.15, 0.2) is 18.2 Å². The molecule has 0 saturated heterocycles. The van der Waals surface area contributed by atoms with E-state index in [-0.39, 0.29) is 22.5 Å². The number of phenolic OH excluding ortho intramolecular Hbond substituents is 1. The standard InChI is InChI=1S/C23H27O2.C5H5.Fe/c1-22-12-10-19-18-9-7-17(24)14-15(18)6-8-20(19)21(22)11-13-23(22,25)16-4-2-3-5-16;1-2-4-5-3-1;/h2-5,7,9,14,19-21,24-25H,6,8,10-13H2,1H3;1-5H;/q;;+2/t19-,20-,21+,22+,23+;;/m1../s1. The first kappa shape index (κ1) is 23.7. The minimum atomic E-state index is -0.665. The molecule has 0 aliphatic heterocycles. The van der Waals surface area contributed by atoms with Crippen molar-refractivity contribution in [3.63, 3.8) is 0 Å². The Morgan fingerprint density at radius 2 is 1.55 bits per heavy atom. The molecule has 5 atom stereocenters. The maximum absolute atomic E-state index is 11.7. The van der Waals surface area contributed by atoms with Gasteiger partial charge in [-0.25, -0.2) is 0 Å². The Labute approximate surface area is 200 Å². The topological polar surface area (TPSA) is 40.5 Å². The molecule has 0 heterocycles. The molecule has 6 rings (SSSR count). The Bertz CT molecular complexity index is 746. The molecule has 1 aromatic carbocycles. The predicted octanol–water partition coefficient (Wildman–Crippen LogP) is 5.40. The van der Waals surface area contributed by atoms with Crippen molar-refractivity contribution < 1.29 is 27.3 Å². The summed E-state index contributed by atoms with van der Waals surface area (Å²) in [5, 5.41) is 21.5. The molecular weight excluding hydrogens is 424 g/mol.